The van der Waals surface area contributed by atoms with E-state index in [1.54, 1.807) is 0 Å². The van der Waals surface area contributed by atoms with Crippen molar-refractivity contribution in [2.75, 3.05) is 25.2 Å². The van der Waals surface area contributed by atoms with Crippen molar-refractivity contribution >= 4 is 5.69 Å². The maximum absolute atomic E-state index is 5.62. The first kappa shape index (κ1) is 19.5. The Labute approximate surface area is 168 Å². The van der Waals surface area contributed by atoms with Crippen LogP contribution >= 0.6 is 0 Å². The van der Waals surface area contributed by atoms with Crippen molar-refractivity contribution in [3.05, 3.63) is 47.9 Å². The highest BCUT2D eigenvalue weighted by Gasteiger charge is 2.48. The molecule has 1 saturated carbocycles. The third-order valence-corrected chi connectivity index (χ3v) is 6.78. The third-order valence-electron chi connectivity index (χ3n) is 6.78. The second-order valence-corrected chi connectivity index (χ2v) is 9.04. The minimum Gasteiger partial charge on any atom is -0.381 e. The minimum atomic E-state index is 0.290. The summed E-state index contributed by atoms with van der Waals surface area (Å²) in [5, 5.41) is 8.23. The molecule has 4 rings (SSSR count). The summed E-state index contributed by atoms with van der Waals surface area (Å²) in [6.45, 7) is 7.31. The van der Waals surface area contributed by atoms with Crippen molar-refractivity contribution in [3.63, 3.8) is 0 Å². The van der Waals surface area contributed by atoms with Gasteiger partial charge in [0, 0.05) is 44.1 Å². The molecule has 0 bridgehead atoms. The van der Waals surface area contributed by atoms with E-state index in [1.807, 2.05) is 6.07 Å². The maximum atomic E-state index is 5.62. The number of anilines is 1. The summed E-state index contributed by atoms with van der Waals surface area (Å²) < 4.78 is 11.1. The molecule has 5 nitrogen and oxygen atoms in total. The van der Waals surface area contributed by atoms with Crippen LogP contribution in [0, 0.1) is 11.3 Å². The second kappa shape index (κ2) is 8.26. The van der Waals surface area contributed by atoms with Crippen molar-refractivity contribution in [1.82, 2.24) is 10.5 Å². The molecule has 2 heterocycles. The fourth-order valence-corrected chi connectivity index (χ4v) is 4.58. The van der Waals surface area contributed by atoms with Gasteiger partial charge in [-0.05, 0) is 49.1 Å². The molecule has 28 heavy (non-hydrogen) atoms. The topological polar surface area (TPSA) is 50.5 Å². The number of aromatic nitrogens is 1. The Hall–Kier alpha value is -1.85. The quantitative estimate of drug-likeness (QED) is 0.782. The Morgan fingerprint density at radius 3 is 2.64 bits per heavy atom. The predicted molar refractivity (Wildman–Crippen MR) is 111 cm³/mol. The lowest BCUT2D eigenvalue weighted by Gasteiger charge is -2.54. The third kappa shape index (κ3) is 4.26. The van der Waals surface area contributed by atoms with E-state index in [2.05, 4.69) is 66.6 Å². The molecule has 1 aromatic carbocycles. The normalized spacial score (nSPS) is 24.7. The van der Waals surface area contributed by atoms with Gasteiger partial charge < -0.3 is 19.5 Å². The van der Waals surface area contributed by atoms with E-state index in [0.29, 0.717) is 18.0 Å². The van der Waals surface area contributed by atoms with Crippen LogP contribution in [0.25, 0.3) is 0 Å². The lowest BCUT2D eigenvalue weighted by atomic mass is 9.57. The Kier molecular flexibility index (Phi) is 5.74. The summed E-state index contributed by atoms with van der Waals surface area (Å²) in [6.07, 6.45) is 4.49. The summed E-state index contributed by atoms with van der Waals surface area (Å²) in [5.41, 5.74) is 2.56. The van der Waals surface area contributed by atoms with Gasteiger partial charge in [-0.1, -0.05) is 37.2 Å². The van der Waals surface area contributed by atoms with E-state index in [9.17, 15) is 0 Å². The molecular weight excluding hydrogens is 350 g/mol. The van der Waals surface area contributed by atoms with Gasteiger partial charge in [0.05, 0.1) is 12.2 Å². The summed E-state index contributed by atoms with van der Waals surface area (Å²) >= 11 is 0. The molecule has 2 aromatic rings. The summed E-state index contributed by atoms with van der Waals surface area (Å²) in [4.78, 5) is 2.19. The van der Waals surface area contributed by atoms with E-state index in [4.69, 9.17) is 9.26 Å². The molecule has 1 aliphatic heterocycles. The molecule has 1 aliphatic carbocycles. The molecule has 0 spiro atoms. The lowest BCUT2D eigenvalue weighted by molar-refractivity contribution is -0.00757. The number of nitrogens with zero attached hydrogens (tertiary/aromatic N) is 2. The highest BCUT2D eigenvalue weighted by atomic mass is 16.5. The van der Waals surface area contributed by atoms with Crippen molar-refractivity contribution in [2.24, 2.45) is 11.3 Å². The number of ether oxygens (including phenoxy) is 1. The Morgan fingerprint density at radius 1 is 1.18 bits per heavy atom. The molecule has 5 heteroatoms. The fourth-order valence-electron chi connectivity index (χ4n) is 4.58. The molecule has 2 atom stereocenters. The van der Waals surface area contributed by atoms with Crippen molar-refractivity contribution in [3.8, 4) is 0 Å². The second-order valence-electron chi connectivity index (χ2n) is 9.04. The van der Waals surface area contributed by atoms with Crippen LogP contribution in [0.1, 0.15) is 44.6 Å². The van der Waals surface area contributed by atoms with E-state index in [-0.39, 0.29) is 5.41 Å². The number of para-hydroxylation sites is 1. The van der Waals surface area contributed by atoms with Crippen molar-refractivity contribution < 1.29 is 9.26 Å². The van der Waals surface area contributed by atoms with Crippen LogP contribution in [0.5, 0.6) is 0 Å². The van der Waals surface area contributed by atoms with E-state index in [1.165, 1.54) is 12.1 Å². The molecule has 1 N–H and O–H groups in total. The zero-order valence-corrected chi connectivity index (χ0v) is 17.4. The first-order valence-electron chi connectivity index (χ1n) is 10.6. The lowest BCUT2D eigenvalue weighted by Crippen LogP contribution is -2.60. The monoisotopic (exact) mass is 383 g/mol. The smallest absolute Gasteiger partial charge is 0.156 e. The molecule has 2 unspecified atom stereocenters. The highest BCUT2D eigenvalue weighted by Crippen LogP contribution is 2.48. The van der Waals surface area contributed by atoms with Crippen molar-refractivity contribution in [1.29, 1.82) is 0 Å². The van der Waals surface area contributed by atoms with Gasteiger partial charge in [0.2, 0.25) is 0 Å². The molecule has 2 fully saturated rings. The van der Waals surface area contributed by atoms with Gasteiger partial charge in [0.1, 0.15) is 0 Å². The molecular formula is C23H33N3O2. The Bertz CT molecular complexity index is 752. The molecule has 2 aliphatic rings. The van der Waals surface area contributed by atoms with Crippen LogP contribution in [0.3, 0.4) is 0 Å². The van der Waals surface area contributed by atoms with Gasteiger partial charge in [-0.2, -0.15) is 0 Å². The van der Waals surface area contributed by atoms with Crippen LogP contribution in [0.2, 0.25) is 0 Å². The van der Waals surface area contributed by atoms with E-state index >= 15 is 0 Å². The zero-order valence-electron chi connectivity index (χ0n) is 17.4. The van der Waals surface area contributed by atoms with Crippen LogP contribution in [-0.2, 0) is 17.7 Å². The average Bonchev–Trinajstić information content (AvgIpc) is 3.15. The van der Waals surface area contributed by atoms with Crippen LogP contribution in [0.4, 0.5) is 5.69 Å². The van der Waals surface area contributed by atoms with Gasteiger partial charge in [0.25, 0.3) is 0 Å². The van der Waals surface area contributed by atoms with Gasteiger partial charge >= 0.3 is 0 Å². The highest BCUT2D eigenvalue weighted by molar-refractivity contribution is 5.45. The van der Waals surface area contributed by atoms with E-state index < -0.39 is 0 Å². The summed E-state index contributed by atoms with van der Waals surface area (Å²) in [7, 11) is 2.08. The van der Waals surface area contributed by atoms with Gasteiger partial charge in [-0.25, -0.2) is 0 Å². The van der Waals surface area contributed by atoms with Gasteiger partial charge in [-0.3, -0.25) is 0 Å². The first-order valence-corrected chi connectivity index (χ1v) is 10.6. The Balaban J connectivity index is 1.29. The zero-order chi connectivity index (χ0) is 19.6. The first-order chi connectivity index (χ1) is 13.5. The van der Waals surface area contributed by atoms with Gasteiger partial charge in [-0.15, -0.1) is 0 Å². The molecule has 1 saturated heterocycles. The predicted octanol–water partition coefficient (Wildman–Crippen LogP) is 4.04. The van der Waals surface area contributed by atoms with Crippen LogP contribution in [-0.4, -0.2) is 37.5 Å². The summed E-state index contributed by atoms with van der Waals surface area (Å²) in [6, 6.07) is 13.7. The summed E-state index contributed by atoms with van der Waals surface area (Å²) in [5.74, 6) is 1.57. The fraction of sp³-hybridized carbons (Fsp3) is 0.609. The number of benzene rings is 1. The molecule has 152 valence electrons. The largest absolute Gasteiger partial charge is 0.381 e. The number of hydrogen-bond acceptors (Lipinski definition) is 5. The standard InChI is InChI=1S/C23H33N3O2/c1-23(2)17(14-22(23)24-18-9-11-27-12-10-18)13-19-15-21(28-25-19)16-26(3)20-7-5-4-6-8-20/h4-8,15,17-18,22,24H,9-14,16H2,1-3H3. The minimum absolute atomic E-state index is 0.290. The SMILES string of the molecule is CN(Cc1cc(CC2CC(NC3CCOCC3)C2(C)C)no1)c1ccccc1. The maximum Gasteiger partial charge on any atom is 0.156 e. The average molecular weight is 384 g/mol. The number of nitrogens with one attached hydrogen (secondary N) is 1. The Morgan fingerprint density at radius 2 is 1.93 bits per heavy atom. The molecule has 0 radical (unpaired) electrons. The van der Waals surface area contributed by atoms with Crippen LogP contribution < -0.4 is 10.2 Å². The van der Waals surface area contributed by atoms with Crippen molar-refractivity contribution in [2.45, 2.75) is 58.2 Å². The van der Waals surface area contributed by atoms with E-state index in [0.717, 1.165) is 50.5 Å². The number of hydrogen-bond donors (Lipinski definition) is 1. The number of rotatable bonds is 7. The molecule has 1 aromatic heterocycles. The van der Waals surface area contributed by atoms with Gasteiger partial charge in [0.15, 0.2) is 5.76 Å². The van der Waals surface area contributed by atoms with Crippen LogP contribution in [0.15, 0.2) is 40.9 Å². The molecule has 0 amide bonds.